The monoisotopic (exact) mass is 311 g/mol. The third-order valence-corrected chi connectivity index (χ3v) is 4.47. The summed E-state index contributed by atoms with van der Waals surface area (Å²) >= 11 is 0. The average Bonchev–Trinajstić information content (AvgIpc) is 2.83. The van der Waals surface area contributed by atoms with Crippen molar-refractivity contribution in [3.63, 3.8) is 0 Å². The Bertz CT molecular complexity index is 620. The number of anilines is 2. The fraction of sp³-hybridized carbons (Fsp3) is 0.500. The lowest BCUT2D eigenvalue weighted by molar-refractivity contribution is 0.613. The molecule has 0 amide bonds. The van der Waals surface area contributed by atoms with E-state index in [1.165, 1.54) is 49.7 Å². The quantitative estimate of drug-likeness (QED) is 0.819. The molecule has 1 saturated carbocycles. The summed E-state index contributed by atoms with van der Waals surface area (Å²) in [5.41, 5.74) is 2.54. The summed E-state index contributed by atoms with van der Waals surface area (Å²) in [7, 11) is 0. The minimum atomic E-state index is 0.478. The Labute approximate surface area is 137 Å². The standard InChI is InChI=1S/C18H25N5/c1-14-8-6-7-9-15(14)12-19-17-13-20-23-18(22-17)21-16-10-4-2-3-5-11-16/h6-9,13,16H,2-5,10-12H2,1H3,(H2,19,21,22,23). The molecule has 0 radical (unpaired) electrons. The van der Waals surface area contributed by atoms with Gasteiger partial charge in [-0.15, -0.1) is 5.10 Å². The lowest BCUT2D eigenvalue weighted by Crippen LogP contribution is -2.20. The normalized spacial score (nSPS) is 15.9. The van der Waals surface area contributed by atoms with Crippen molar-refractivity contribution in [2.24, 2.45) is 0 Å². The summed E-state index contributed by atoms with van der Waals surface area (Å²) < 4.78 is 0. The number of hydrogen-bond donors (Lipinski definition) is 2. The fourth-order valence-corrected chi connectivity index (χ4v) is 3.05. The Morgan fingerprint density at radius 3 is 2.65 bits per heavy atom. The molecule has 0 unspecified atom stereocenters. The first-order valence-electron chi connectivity index (χ1n) is 8.56. The van der Waals surface area contributed by atoms with Crippen LogP contribution in [0.1, 0.15) is 49.7 Å². The molecule has 2 aromatic rings. The zero-order valence-electron chi connectivity index (χ0n) is 13.8. The van der Waals surface area contributed by atoms with Crippen LogP contribution in [-0.2, 0) is 6.54 Å². The fourth-order valence-electron chi connectivity index (χ4n) is 3.05. The molecule has 1 heterocycles. The van der Waals surface area contributed by atoms with Crippen LogP contribution in [0.2, 0.25) is 0 Å². The molecule has 122 valence electrons. The van der Waals surface area contributed by atoms with Gasteiger partial charge >= 0.3 is 0 Å². The molecule has 1 aliphatic carbocycles. The zero-order chi connectivity index (χ0) is 15.9. The SMILES string of the molecule is Cc1ccccc1CNc1cnnc(NC2CCCCCC2)n1. The van der Waals surface area contributed by atoms with Crippen LogP contribution in [0.15, 0.2) is 30.5 Å². The number of aromatic nitrogens is 3. The van der Waals surface area contributed by atoms with Gasteiger partial charge in [-0.25, -0.2) is 0 Å². The van der Waals surface area contributed by atoms with Crippen molar-refractivity contribution in [3.8, 4) is 0 Å². The van der Waals surface area contributed by atoms with Gasteiger partial charge in [-0.1, -0.05) is 49.9 Å². The molecule has 0 bridgehead atoms. The van der Waals surface area contributed by atoms with Gasteiger partial charge in [0.25, 0.3) is 0 Å². The second-order valence-corrected chi connectivity index (χ2v) is 6.28. The van der Waals surface area contributed by atoms with Gasteiger partial charge in [-0.05, 0) is 30.9 Å². The van der Waals surface area contributed by atoms with Crippen molar-refractivity contribution >= 4 is 11.8 Å². The second kappa shape index (κ2) is 7.90. The molecule has 0 atom stereocenters. The lowest BCUT2D eigenvalue weighted by atomic mass is 10.1. The van der Waals surface area contributed by atoms with Crippen molar-refractivity contribution in [3.05, 3.63) is 41.6 Å². The average molecular weight is 311 g/mol. The van der Waals surface area contributed by atoms with Gasteiger partial charge < -0.3 is 10.6 Å². The molecule has 1 aliphatic rings. The number of nitrogens with one attached hydrogen (secondary N) is 2. The first kappa shape index (κ1) is 15.7. The maximum Gasteiger partial charge on any atom is 0.244 e. The molecule has 0 spiro atoms. The molecule has 1 aromatic carbocycles. The minimum Gasteiger partial charge on any atom is -0.365 e. The summed E-state index contributed by atoms with van der Waals surface area (Å²) in [6.45, 7) is 2.86. The number of benzene rings is 1. The summed E-state index contributed by atoms with van der Waals surface area (Å²) in [6.07, 6.45) is 9.34. The summed E-state index contributed by atoms with van der Waals surface area (Å²) in [5.74, 6) is 1.39. The third-order valence-electron chi connectivity index (χ3n) is 4.47. The van der Waals surface area contributed by atoms with E-state index in [0.29, 0.717) is 12.0 Å². The lowest BCUT2D eigenvalue weighted by Gasteiger charge is -2.16. The van der Waals surface area contributed by atoms with Gasteiger partial charge in [0.2, 0.25) is 5.95 Å². The van der Waals surface area contributed by atoms with Crippen LogP contribution in [0, 0.1) is 6.92 Å². The molecule has 2 N–H and O–H groups in total. The van der Waals surface area contributed by atoms with Gasteiger partial charge in [0.05, 0.1) is 6.20 Å². The Morgan fingerprint density at radius 1 is 1.09 bits per heavy atom. The van der Waals surface area contributed by atoms with E-state index in [4.69, 9.17) is 0 Å². The summed E-state index contributed by atoms with van der Waals surface area (Å²) in [4.78, 5) is 4.55. The Kier molecular flexibility index (Phi) is 5.40. The van der Waals surface area contributed by atoms with Crippen molar-refractivity contribution in [1.29, 1.82) is 0 Å². The van der Waals surface area contributed by atoms with Crippen LogP contribution in [0.4, 0.5) is 11.8 Å². The van der Waals surface area contributed by atoms with E-state index in [2.05, 4.69) is 57.0 Å². The molecule has 5 heteroatoms. The molecule has 0 aliphatic heterocycles. The van der Waals surface area contributed by atoms with E-state index in [1.54, 1.807) is 6.20 Å². The van der Waals surface area contributed by atoms with Crippen LogP contribution in [0.5, 0.6) is 0 Å². The molecule has 1 aromatic heterocycles. The molecule has 5 nitrogen and oxygen atoms in total. The topological polar surface area (TPSA) is 62.7 Å². The molecule has 1 fully saturated rings. The van der Waals surface area contributed by atoms with Gasteiger partial charge in [-0.2, -0.15) is 10.1 Å². The number of hydrogen-bond acceptors (Lipinski definition) is 5. The van der Waals surface area contributed by atoms with Gasteiger partial charge in [-0.3, -0.25) is 0 Å². The van der Waals surface area contributed by atoms with Crippen LogP contribution >= 0.6 is 0 Å². The van der Waals surface area contributed by atoms with E-state index >= 15 is 0 Å². The maximum atomic E-state index is 4.55. The van der Waals surface area contributed by atoms with E-state index in [9.17, 15) is 0 Å². The van der Waals surface area contributed by atoms with E-state index in [0.717, 1.165) is 12.4 Å². The van der Waals surface area contributed by atoms with Gasteiger partial charge in [0, 0.05) is 12.6 Å². The summed E-state index contributed by atoms with van der Waals surface area (Å²) in [5, 5.41) is 15.0. The van der Waals surface area contributed by atoms with Crippen molar-refractivity contribution in [2.45, 2.75) is 58.0 Å². The number of rotatable bonds is 5. The number of aryl methyl sites for hydroxylation is 1. The first-order valence-corrected chi connectivity index (χ1v) is 8.56. The van der Waals surface area contributed by atoms with Crippen LogP contribution < -0.4 is 10.6 Å². The molecule has 23 heavy (non-hydrogen) atoms. The summed E-state index contributed by atoms with van der Waals surface area (Å²) in [6, 6.07) is 8.84. The predicted octanol–water partition coefficient (Wildman–Crippen LogP) is 3.93. The predicted molar refractivity (Wildman–Crippen MR) is 93.4 cm³/mol. The molecule has 0 saturated heterocycles. The molecule has 3 rings (SSSR count). The van der Waals surface area contributed by atoms with Crippen molar-refractivity contribution < 1.29 is 0 Å². The highest BCUT2D eigenvalue weighted by Crippen LogP contribution is 2.20. The van der Waals surface area contributed by atoms with Crippen LogP contribution in [0.3, 0.4) is 0 Å². The Morgan fingerprint density at radius 2 is 1.87 bits per heavy atom. The Balaban J connectivity index is 1.59. The Hall–Kier alpha value is -2.17. The minimum absolute atomic E-state index is 0.478. The molecular weight excluding hydrogens is 286 g/mol. The van der Waals surface area contributed by atoms with E-state index < -0.39 is 0 Å². The highest BCUT2D eigenvalue weighted by atomic mass is 15.3. The number of nitrogens with zero attached hydrogens (tertiary/aromatic N) is 3. The van der Waals surface area contributed by atoms with Gasteiger partial charge in [0.15, 0.2) is 5.82 Å². The third kappa shape index (κ3) is 4.65. The van der Waals surface area contributed by atoms with E-state index in [1.807, 2.05) is 0 Å². The molecular formula is C18H25N5. The smallest absolute Gasteiger partial charge is 0.244 e. The highest BCUT2D eigenvalue weighted by molar-refractivity contribution is 5.39. The highest BCUT2D eigenvalue weighted by Gasteiger charge is 2.13. The second-order valence-electron chi connectivity index (χ2n) is 6.28. The maximum absolute atomic E-state index is 4.55. The van der Waals surface area contributed by atoms with Crippen molar-refractivity contribution in [2.75, 3.05) is 10.6 Å². The van der Waals surface area contributed by atoms with Gasteiger partial charge in [0.1, 0.15) is 0 Å². The van der Waals surface area contributed by atoms with Crippen LogP contribution in [-0.4, -0.2) is 21.2 Å². The largest absolute Gasteiger partial charge is 0.365 e. The van der Waals surface area contributed by atoms with E-state index in [-0.39, 0.29) is 0 Å². The zero-order valence-corrected chi connectivity index (χ0v) is 13.8. The van der Waals surface area contributed by atoms with Crippen LogP contribution in [0.25, 0.3) is 0 Å². The van der Waals surface area contributed by atoms with Crippen molar-refractivity contribution in [1.82, 2.24) is 15.2 Å². The first-order chi connectivity index (χ1) is 11.3.